The first-order valence-electron chi connectivity index (χ1n) is 9.60. The summed E-state index contributed by atoms with van der Waals surface area (Å²) in [5.41, 5.74) is -0.0666. The molecular weight excluding hydrogens is 320 g/mol. The number of hydrogen-bond acceptors (Lipinski definition) is 5. The van der Waals surface area contributed by atoms with Crippen molar-refractivity contribution in [1.29, 1.82) is 0 Å². The van der Waals surface area contributed by atoms with Crippen molar-refractivity contribution in [2.45, 2.75) is 102 Å². The lowest BCUT2D eigenvalue weighted by atomic mass is 9.78. The highest BCUT2D eigenvalue weighted by Crippen LogP contribution is 2.40. The zero-order valence-corrected chi connectivity index (χ0v) is 15.9. The highest BCUT2D eigenvalue weighted by atomic mass is 16.5. The van der Waals surface area contributed by atoms with Crippen LogP contribution in [0.2, 0.25) is 0 Å². The van der Waals surface area contributed by atoms with Crippen LogP contribution in [0.3, 0.4) is 0 Å². The molecular formula is C20H32O5. The normalized spacial score (nSPS) is 46.1. The highest BCUT2D eigenvalue weighted by Gasteiger charge is 2.43. The number of fused-ring (bicyclic) bond motifs is 3. The van der Waals surface area contributed by atoms with Gasteiger partial charge in [0.25, 0.3) is 0 Å². The fourth-order valence-corrected chi connectivity index (χ4v) is 4.51. The SMILES string of the molecule is CC1=C2CC[C@H](C)[C@@H]3CC[C@](C)(O)[C@H](CC[C@@](C)(O)C[C@@H]2OC1=O)O3. The van der Waals surface area contributed by atoms with Crippen molar-refractivity contribution in [3.63, 3.8) is 0 Å². The molecule has 2 N–H and O–H groups in total. The minimum absolute atomic E-state index is 0.118. The molecule has 2 bridgehead atoms. The van der Waals surface area contributed by atoms with Crippen LogP contribution in [0.25, 0.3) is 0 Å². The molecule has 25 heavy (non-hydrogen) atoms. The van der Waals surface area contributed by atoms with E-state index in [0.29, 0.717) is 30.8 Å². The summed E-state index contributed by atoms with van der Waals surface area (Å²) in [4.78, 5) is 12.0. The van der Waals surface area contributed by atoms with Crippen LogP contribution in [0.1, 0.15) is 72.6 Å². The van der Waals surface area contributed by atoms with E-state index < -0.39 is 11.2 Å². The van der Waals surface area contributed by atoms with Crippen LogP contribution in [0, 0.1) is 5.92 Å². The van der Waals surface area contributed by atoms with Crippen molar-refractivity contribution in [3.8, 4) is 0 Å². The third-order valence-corrected chi connectivity index (χ3v) is 6.47. The third kappa shape index (κ3) is 3.93. The zero-order chi connectivity index (χ0) is 18.4. The topological polar surface area (TPSA) is 76.0 Å². The summed E-state index contributed by atoms with van der Waals surface area (Å²) in [5.74, 6) is 0.103. The Morgan fingerprint density at radius 3 is 2.56 bits per heavy atom. The second-order valence-electron chi connectivity index (χ2n) is 8.86. The number of hydrogen-bond donors (Lipinski definition) is 2. The van der Waals surface area contributed by atoms with Gasteiger partial charge in [0.1, 0.15) is 6.10 Å². The Balaban J connectivity index is 1.85. The van der Waals surface area contributed by atoms with E-state index in [1.165, 1.54) is 0 Å². The maximum Gasteiger partial charge on any atom is 0.334 e. The lowest BCUT2D eigenvalue weighted by molar-refractivity contribution is -0.186. The smallest absolute Gasteiger partial charge is 0.334 e. The van der Waals surface area contributed by atoms with Crippen molar-refractivity contribution in [2.75, 3.05) is 0 Å². The lowest BCUT2D eigenvalue weighted by Crippen LogP contribution is -2.50. The maximum atomic E-state index is 12.0. The van der Waals surface area contributed by atoms with Gasteiger partial charge in [0.2, 0.25) is 0 Å². The Morgan fingerprint density at radius 2 is 1.84 bits per heavy atom. The van der Waals surface area contributed by atoms with Gasteiger partial charge in [-0.2, -0.15) is 0 Å². The summed E-state index contributed by atoms with van der Waals surface area (Å²) in [5, 5.41) is 21.5. The van der Waals surface area contributed by atoms with Crippen LogP contribution in [-0.2, 0) is 14.3 Å². The molecule has 3 aliphatic heterocycles. The van der Waals surface area contributed by atoms with Crippen LogP contribution in [0.15, 0.2) is 11.1 Å². The Kier molecular flexibility index (Phi) is 5.04. The van der Waals surface area contributed by atoms with E-state index in [0.717, 1.165) is 31.3 Å². The molecule has 3 heterocycles. The number of carbonyl (C=O) groups excluding carboxylic acids is 1. The lowest BCUT2D eigenvalue weighted by Gasteiger charge is -2.44. The molecule has 0 aromatic heterocycles. The third-order valence-electron chi connectivity index (χ3n) is 6.47. The number of rotatable bonds is 0. The molecule has 0 aromatic rings. The zero-order valence-electron chi connectivity index (χ0n) is 15.9. The molecule has 3 rings (SSSR count). The van der Waals surface area contributed by atoms with E-state index in [1.54, 1.807) is 6.92 Å². The Hall–Kier alpha value is -0.910. The predicted molar refractivity (Wildman–Crippen MR) is 94.0 cm³/mol. The fraction of sp³-hybridized carbons (Fsp3) is 0.850. The summed E-state index contributed by atoms with van der Waals surface area (Å²) in [6.07, 6.45) is 4.32. The van der Waals surface area contributed by atoms with Gasteiger partial charge >= 0.3 is 5.97 Å². The van der Waals surface area contributed by atoms with E-state index in [9.17, 15) is 15.0 Å². The van der Waals surface area contributed by atoms with Crippen LogP contribution >= 0.6 is 0 Å². The molecule has 0 unspecified atom stereocenters. The average molecular weight is 352 g/mol. The Morgan fingerprint density at radius 1 is 1.12 bits per heavy atom. The number of aliphatic hydroxyl groups is 2. The molecule has 142 valence electrons. The molecule has 0 spiro atoms. The number of carbonyl (C=O) groups is 1. The molecule has 0 aromatic carbocycles. The molecule has 3 aliphatic rings. The van der Waals surface area contributed by atoms with Crippen molar-refractivity contribution in [2.24, 2.45) is 5.92 Å². The maximum absolute atomic E-state index is 12.0. The van der Waals surface area contributed by atoms with Crippen LogP contribution in [-0.4, -0.2) is 45.7 Å². The van der Waals surface area contributed by atoms with Gasteiger partial charge in [0.05, 0.1) is 23.4 Å². The first-order chi connectivity index (χ1) is 11.6. The molecule has 0 saturated carbocycles. The monoisotopic (exact) mass is 352 g/mol. The largest absolute Gasteiger partial charge is 0.454 e. The van der Waals surface area contributed by atoms with Gasteiger partial charge in [-0.1, -0.05) is 6.92 Å². The molecule has 5 heteroatoms. The van der Waals surface area contributed by atoms with Gasteiger partial charge in [-0.3, -0.25) is 0 Å². The molecule has 5 nitrogen and oxygen atoms in total. The first-order valence-corrected chi connectivity index (χ1v) is 9.60. The summed E-state index contributed by atoms with van der Waals surface area (Å²) >= 11 is 0. The Labute approximate surface area is 150 Å². The quantitative estimate of drug-likeness (QED) is 0.656. The van der Waals surface area contributed by atoms with Crippen LogP contribution in [0.5, 0.6) is 0 Å². The molecule has 0 radical (unpaired) electrons. The van der Waals surface area contributed by atoms with E-state index in [2.05, 4.69) is 6.92 Å². The van der Waals surface area contributed by atoms with Crippen molar-refractivity contribution < 1.29 is 24.5 Å². The Bertz CT molecular complexity index is 562. The molecule has 2 fully saturated rings. The van der Waals surface area contributed by atoms with Gasteiger partial charge in [-0.25, -0.2) is 4.79 Å². The fourth-order valence-electron chi connectivity index (χ4n) is 4.51. The molecule has 0 aliphatic carbocycles. The minimum atomic E-state index is -0.960. The van der Waals surface area contributed by atoms with Gasteiger partial charge in [-0.05, 0) is 70.8 Å². The van der Waals surface area contributed by atoms with Gasteiger partial charge in [0.15, 0.2) is 0 Å². The number of esters is 1. The van der Waals surface area contributed by atoms with Crippen molar-refractivity contribution in [1.82, 2.24) is 0 Å². The van der Waals surface area contributed by atoms with Crippen LogP contribution in [0.4, 0.5) is 0 Å². The van der Waals surface area contributed by atoms with E-state index in [1.807, 2.05) is 13.8 Å². The molecule has 6 atom stereocenters. The second kappa shape index (κ2) is 6.67. The molecule has 0 amide bonds. The standard InChI is InChI=1S/C20H32O5/c1-12-5-6-14-13(2)18(21)25-16(14)11-19(3,22)9-8-17-20(4,23)10-7-15(12)24-17/h12,15-17,22-23H,5-11H2,1-4H3/t12-,15-,16-,17-,19+,20-/m0/s1. The van der Waals surface area contributed by atoms with E-state index in [4.69, 9.17) is 9.47 Å². The van der Waals surface area contributed by atoms with Crippen molar-refractivity contribution >= 4 is 5.97 Å². The second-order valence-corrected chi connectivity index (χ2v) is 8.86. The van der Waals surface area contributed by atoms with Gasteiger partial charge in [0, 0.05) is 12.0 Å². The first kappa shape index (κ1) is 18.9. The predicted octanol–water partition coefficient (Wildman–Crippen LogP) is 2.88. The summed E-state index contributed by atoms with van der Waals surface area (Å²) in [6.45, 7) is 7.64. The summed E-state index contributed by atoms with van der Waals surface area (Å²) in [6, 6.07) is 0. The molecule has 2 saturated heterocycles. The summed E-state index contributed by atoms with van der Waals surface area (Å²) < 4.78 is 11.8. The highest BCUT2D eigenvalue weighted by molar-refractivity contribution is 5.91. The van der Waals surface area contributed by atoms with Crippen molar-refractivity contribution in [3.05, 3.63) is 11.1 Å². The van der Waals surface area contributed by atoms with Gasteiger partial charge < -0.3 is 19.7 Å². The van der Waals surface area contributed by atoms with E-state index >= 15 is 0 Å². The minimum Gasteiger partial charge on any atom is -0.454 e. The average Bonchev–Trinajstić information content (AvgIpc) is 2.76. The van der Waals surface area contributed by atoms with E-state index in [-0.39, 0.29) is 24.3 Å². The van der Waals surface area contributed by atoms with Crippen LogP contribution < -0.4 is 0 Å². The van der Waals surface area contributed by atoms with Gasteiger partial charge in [-0.15, -0.1) is 0 Å². The summed E-state index contributed by atoms with van der Waals surface area (Å²) in [7, 11) is 0. The number of ether oxygens (including phenoxy) is 2.